The summed E-state index contributed by atoms with van der Waals surface area (Å²) in [5.41, 5.74) is 6.36. The fourth-order valence-corrected chi connectivity index (χ4v) is 1.56. The average Bonchev–Trinajstić information content (AvgIpc) is 2.34. The van der Waals surface area contributed by atoms with Gasteiger partial charge in [-0.1, -0.05) is 6.08 Å². The molecule has 0 heterocycles. The Bertz CT molecular complexity index is 437. The average molecular weight is 252 g/mol. The predicted molar refractivity (Wildman–Crippen MR) is 68.7 cm³/mol. The summed E-state index contributed by atoms with van der Waals surface area (Å²) in [6.45, 7) is 5.37. The van der Waals surface area contributed by atoms with Gasteiger partial charge in [0.1, 0.15) is 5.82 Å². The summed E-state index contributed by atoms with van der Waals surface area (Å²) in [5.74, 6) is -0.893. The minimum Gasteiger partial charge on any atom is -0.398 e. The zero-order chi connectivity index (χ0) is 13.7. The van der Waals surface area contributed by atoms with Crippen LogP contribution in [0.5, 0.6) is 0 Å². The Morgan fingerprint density at radius 1 is 1.61 bits per heavy atom. The number of benzene rings is 1. The lowest BCUT2D eigenvalue weighted by molar-refractivity contribution is 0.0742. The Hall–Kier alpha value is -1.88. The van der Waals surface area contributed by atoms with Crippen LogP contribution in [0, 0.1) is 12.7 Å². The van der Waals surface area contributed by atoms with Crippen molar-refractivity contribution < 1.29 is 14.3 Å². The summed E-state index contributed by atoms with van der Waals surface area (Å²) >= 11 is 0. The second kappa shape index (κ2) is 6.16. The quantitative estimate of drug-likeness (QED) is 0.614. The first-order valence-electron chi connectivity index (χ1n) is 5.58. The number of nitrogens with zero attached hydrogens (tertiary/aromatic N) is 1. The summed E-state index contributed by atoms with van der Waals surface area (Å²) in [6.07, 6.45) is 1.54. The van der Waals surface area contributed by atoms with E-state index in [4.69, 9.17) is 10.8 Å². The minimum atomic E-state index is -0.513. The number of nitrogens with two attached hydrogens (primary N) is 1. The Balaban J connectivity index is 3.04. The Kier molecular flexibility index (Phi) is 4.85. The van der Waals surface area contributed by atoms with Crippen LogP contribution in [0.25, 0.3) is 0 Å². The maximum absolute atomic E-state index is 13.5. The van der Waals surface area contributed by atoms with Crippen LogP contribution in [-0.4, -0.2) is 35.6 Å². The number of nitrogen functional groups attached to an aromatic ring is 1. The standard InChI is InChI=1S/C13H17FN2O2/c1-3-4-16(5-6-17)13(18)10-7-11(14)9(2)12(15)8-10/h3,7-8,17H,1,4-6,15H2,2H3. The first-order valence-corrected chi connectivity index (χ1v) is 5.58. The molecule has 0 aliphatic heterocycles. The molecule has 4 nitrogen and oxygen atoms in total. The lowest BCUT2D eigenvalue weighted by Gasteiger charge is -2.20. The normalized spacial score (nSPS) is 10.2. The van der Waals surface area contributed by atoms with Gasteiger partial charge in [0.05, 0.1) is 6.61 Å². The molecule has 1 aromatic rings. The van der Waals surface area contributed by atoms with Crippen LogP contribution in [0.1, 0.15) is 15.9 Å². The molecule has 0 aromatic heterocycles. The number of halogens is 1. The molecule has 0 fully saturated rings. The van der Waals surface area contributed by atoms with Crippen LogP contribution in [-0.2, 0) is 0 Å². The first kappa shape index (κ1) is 14.2. The highest BCUT2D eigenvalue weighted by Crippen LogP contribution is 2.18. The second-order valence-electron chi connectivity index (χ2n) is 3.94. The van der Waals surface area contributed by atoms with Crippen LogP contribution in [0.4, 0.5) is 10.1 Å². The van der Waals surface area contributed by atoms with E-state index in [2.05, 4.69) is 6.58 Å². The van der Waals surface area contributed by atoms with Crippen molar-refractivity contribution in [3.05, 3.63) is 41.7 Å². The van der Waals surface area contributed by atoms with Gasteiger partial charge in [-0.15, -0.1) is 6.58 Å². The van der Waals surface area contributed by atoms with Crippen LogP contribution in [0.3, 0.4) is 0 Å². The van der Waals surface area contributed by atoms with Crippen molar-refractivity contribution in [2.45, 2.75) is 6.92 Å². The van der Waals surface area contributed by atoms with Crippen LogP contribution >= 0.6 is 0 Å². The fraction of sp³-hybridized carbons (Fsp3) is 0.308. The molecule has 0 aliphatic carbocycles. The number of amides is 1. The number of hydrogen-bond acceptors (Lipinski definition) is 3. The van der Waals surface area contributed by atoms with Crippen LogP contribution in [0.15, 0.2) is 24.8 Å². The minimum absolute atomic E-state index is 0.163. The number of carbonyl (C=O) groups excluding carboxylic acids is 1. The molecule has 0 aliphatic rings. The maximum Gasteiger partial charge on any atom is 0.254 e. The monoisotopic (exact) mass is 252 g/mol. The van der Waals surface area contributed by atoms with Gasteiger partial charge in [0, 0.05) is 29.9 Å². The smallest absolute Gasteiger partial charge is 0.254 e. The Labute approximate surface area is 106 Å². The Morgan fingerprint density at radius 3 is 2.78 bits per heavy atom. The molecule has 0 unspecified atom stereocenters. The molecular formula is C13H17FN2O2. The van der Waals surface area contributed by atoms with Gasteiger partial charge in [-0.2, -0.15) is 0 Å². The van der Waals surface area contributed by atoms with E-state index in [9.17, 15) is 9.18 Å². The third-order valence-corrected chi connectivity index (χ3v) is 2.64. The summed E-state index contributed by atoms with van der Waals surface area (Å²) < 4.78 is 13.5. The molecular weight excluding hydrogens is 235 g/mol. The van der Waals surface area contributed by atoms with Crippen molar-refractivity contribution in [1.29, 1.82) is 0 Å². The first-order chi connectivity index (χ1) is 8.51. The predicted octanol–water partition coefficient (Wildman–Crippen LogP) is 1.34. The van der Waals surface area contributed by atoms with Gasteiger partial charge in [0.15, 0.2) is 0 Å². The number of anilines is 1. The molecule has 1 aromatic carbocycles. The van der Waals surface area contributed by atoms with E-state index in [1.807, 2.05) is 0 Å². The van der Waals surface area contributed by atoms with E-state index in [0.29, 0.717) is 5.56 Å². The molecule has 0 saturated carbocycles. The van der Waals surface area contributed by atoms with Gasteiger partial charge in [0.25, 0.3) is 5.91 Å². The molecule has 3 N–H and O–H groups in total. The van der Waals surface area contributed by atoms with E-state index < -0.39 is 5.82 Å². The van der Waals surface area contributed by atoms with Crippen molar-refractivity contribution in [3.8, 4) is 0 Å². The highest BCUT2D eigenvalue weighted by atomic mass is 19.1. The number of hydrogen-bond donors (Lipinski definition) is 2. The van der Waals surface area contributed by atoms with Crippen LogP contribution in [0.2, 0.25) is 0 Å². The fourth-order valence-electron chi connectivity index (χ4n) is 1.56. The lowest BCUT2D eigenvalue weighted by atomic mass is 10.1. The molecule has 0 radical (unpaired) electrons. The maximum atomic E-state index is 13.5. The topological polar surface area (TPSA) is 66.6 Å². The zero-order valence-corrected chi connectivity index (χ0v) is 10.3. The highest BCUT2D eigenvalue weighted by Gasteiger charge is 2.16. The number of carbonyl (C=O) groups is 1. The largest absolute Gasteiger partial charge is 0.398 e. The number of aliphatic hydroxyl groups is 1. The summed E-state index contributed by atoms with van der Waals surface area (Å²) in [7, 11) is 0. The van der Waals surface area contributed by atoms with Gasteiger partial charge >= 0.3 is 0 Å². The van der Waals surface area contributed by atoms with Gasteiger partial charge < -0.3 is 15.7 Å². The Morgan fingerprint density at radius 2 is 2.28 bits per heavy atom. The van der Waals surface area contributed by atoms with E-state index in [0.717, 1.165) is 6.07 Å². The number of rotatable bonds is 5. The lowest BCUT2D eigenvalue weighted by Crippen LogP contribution is -2.33. The molecule has 0 atom stereocenters. The summed E-state index contributed by atoms with van der Waals surface area (Å²) in [5, 5.41) is 8.89. The van der Waals surface area contributed by atoms with E-state index in [1.165, 1.54) is 11.0 Å². The van der Waals surface area contributed by atoms with E-state index >= 15 is 0 Å². The highest BCUT2D eigenvalue weighted by molar-refractivity contribution is 5.95. The second-order valence-corrected chi connectivity index (χ2v) is 3.94. The molecule has 1 rings (SSSR count). The molecule has 5 heteroatoms. The van der Waals surface area contributed by atoms with Gasteiger partial charge in [-0.25, -0.2) is 4.39 Å². The number of aliphatic hydroxyl groups excluding tert-OH is 1. The van der Waals surface area contributed by atoms with Crippen molar-refractivity contribution >= 4 is 11.6 Å². The van der Waals surface area contributed by atoms with Crippen molar-refractivity contribution in [2.75, 3.05) is 25.4 Å². The molecule has 18 heavy (non-hydrogen) atoms. The molecule has 0 spiro atoms. The van der Waals surface area contributed by atoms with E-state index in [1.54, 1.807) is 13.0 Å². The zero-order valence-electron chi connectivity index (χ0n) is 10.3. The van der Waals surface area contributed by atoms with Gasteiger partial charge in [-0.05, 0) is 19.1 Å². The summed E-state index contributed by atoms with van der Waals surface area (Å²) in [6, 6.07) is 2.59. The molecule has 0 bridgehead atoms. The van der Waals surface area contributed by atoms with E-state index in [-0.39, 0.29) is 36.9 Å². The van der Waals surface area contributed by atoms with Crippen molar-refractivity contribution in [2.24, 2.45) is 0 Å². The van der Waals surface area contributed by atoms with Gasteiger partial charge in [0.2, 0.25) is 0 Å². The van der Waals surface area contributed by atoms with Gasteiger partial charge in [-0.3, -0.25) is 4.79 Å². The van der Waals surface area contributed by atoms with Crippen molar-refractivity contribution in [1.82, 2.24) is 4.90 Å². The SMILES string of the molecule is C=CCN(CCO)C(=O)c1cc(N)c(C)c(F)c1. The summed E-state index contributed by atoms with van der Waals surface area (Å²) in [4.78, 5) is 13.5. The third-order valence-electron chi connectivity index (χ3n) is 2.64. The van der Waals surface area contributed by atoms with Crippen LogP contribution < -0.4 is 5.73 Å². The van der Waals surface area contributed by atoms with Crippen molar-refractivity contribution in [3.63, 3.8) is 0 Å². The molecule has 1 amide bonds. The molecule has 0 saturated heterocycles. The molecule has 98 valence electrons. The third kappa shape index (κ3) is 3.07.